The summed E-state index contributed by atoms with van der Waals surface area (Å²) in [4.78, 5) is 42.2. The van der Waals surface area contributed by atoms with Gasteiger partial charge in [0.15, 0.2) is 0 Å². The molecule has 1 fully saturated rings. The number of nitrogens with one attached hydrogen (secondary N) is 1. The maximum Gasteiger partial charge on any atom is 0.338 e. The van der Waals surface area contributed by atoms with Crippen LogP contribution in [0.5, 0.6) is 0 Å². The Hall–Kier alpha value is -3.97. The Labute approximate surface area is 222 Å². The van der Waals surface area contributed by atoms with E-state index in [0.717, 1.165) is 16.8 Å². The lowest BCUT2D eigenvalue weighted by atomic mass is 9.65. The van der Waals surface area contributed by atoms with E-state index in [1.807, 2.05) is 60.7 Å². The highest BCUT2D eigenvalue weighted by Gasteiger charge is 2.60. The molecule has 7 nitrogen and oxygen atoms in total. The highest BCUT2D eigenvalue weighted by atomic mass is 16.5. The van der Waals surface area contributed by atoms with E-state index in [1.165, 1.54) is 0 Å². The number of fused-ring (bicyclic) bond motifs is 2. The van der Waals surface area contributed by atoms with Crippen molar-refractivity contribution in [2.24, 2.45) is 0 Å². The van der Waals surface area contributed by atoms with E-state index < -0.39 is 23.5 Å². The second-order valence-corrected chi connectivity index (χ2v) is 9.87. The van der Waals surface area contributed by atoms with E-state index in [0.29, 0.717) is 31.2 Å². The van der Waals surface area contributed by atoms with Crippen molar-refractivity contribution >= 4 is 23.5 Å². The third-order valence-corrected chi connectivity index (χ3v) is 7.59. The molecule has 0 saturated heterocycles. The minimum Gasteiger partial charge on any atom is -0.457 e. The third kappa shape index (κ3) is 4.82. The number of methoxy groups -OCH3 is 1. The fraction of sp³-hybridized carbons (Fsp3) is 0.323. The summed E-state index contributed by atoms with van der Waals surface area (Å²) in [6.07, 6.45) is 1.91. The molecule has 0 aromatic heterocycles. The van der Waals surface area contributed by atoms with Gasteiger partial charge in [-0.15, -0.1) is 0 Å². The lowest BCUT2D eigenvalue weighted by Crippen LogP contribution is -2.63. The monoisotopic (exact) mass is 512 g/mol. The predicted octanol–water partition coefficient (Wildman–Crippen LogP) is 4.40. The molecule has 196 valence electrons. The van der Waals surface area contributed by atoms with Gasteiger partial charge in [-0.3, -0.25) is 14.5 Å². The maximum absolute atomic E-state index is 14.2. The Morgan fingerprint density at radius 1 is 0.974 bits per heavy atom. The zero-order valence-electron chi connectivity index (χ0n) is 21.5. The molecule has 3 atom stereocenters. The first-order valence-electron chi connectivity index (χ1n) is 13.0. The van der Waals surface area contributed by atoms with Gasteiger partial charge in [0.2, 0.25) is 11.8 Å². The van der Waals surface area contributed by atoms with E-state index in [-0.39, 0.29) is 25.0 Å². The molecule has 38 heavy (non-hydrogen) atoms. The third-order valence-electron chi connectivity index (χ3n) is 7.59. The predicted molar refractivity (Wildman–Crippen MR) is 144 cm³/mol. The molecule has 3 aromatic rings. The summed E-state index contributed by atoms with van der Waals surface area (Å²) in [6.45, 7) is 0.0980. The Morgan fingerprint density at radius 3 is 2.39 bits per heavy atom. The molecule has 1 N–H and O–H groups in total. The first-order valence-corrected chi connectivity index (χ1v) is 13.0. The van der Waals surface area contributed by atoms with Gasteiger partial charge in [-0.1, -0.05) is 66.7 Å². The fourth-order valence-corrected chi connectivity index (χ4v) is 5.84. The number of nitrogens with zero attached hydrogens (tertiary/aromatic N) is 1. The Kier molecular flexibility index (Phi) is 7.56. The number of amides is 2. The summed E-state index contributed by atoms with van der Waals surface area (Å²) in [6, 6.07) is 25.5. The Balaban J connectivity index is 1.48. The number of aryl methyl sites for hydroxylation is 1. The van der Waals surface area contributed by atoms with Crippen molar-refractivity contribution in [3.05, 3.63) is 102 Å². The summed E-state index contributed by atoms with van der Waals surface area (Å²) in [5.41, 5.74) is 2.02. The normalized spacial score (nSPS) is 22.2. The van der Waals surface area contributed by atoms with Crippen molar-refractivity contribution in [3.63, 3.8) is 0 Å². The van der Waals surface area contributed by atoms with Crippen LogP contribution in [0.15, 0.2) is 84.9 Å². The van der Waals surface area contributed by atoms with E-state index >= 15 is 0 Å². The number of hydrogen-bond acceptors (Lipinski definition) is 5. The van der Waals surface area contributed by atoms with Crippen LogP contribution in [0.2, 0.25) is 0 Å². The maximum atomic E-state index is 14.2. The van der Waals surface area contributed by atoms with Crippen molar-refractivity contribution < 1.29 is 23.9 Å². The number of carbonyl (C=O) groups is 3. The average molecular weight is 513 g/mol. The largest absolute Gasteiger partial charge is 0.457 e. The van der Waals surface area contributed by atoms with E-state index in [1.54, 1.807) is 36.3 Å². The molecule has 3 aromatic carbocycles. The van der Waals surface area contributed by atoms with Gasteiger partial charge in [-0.25, -0.2) is 4.79 Å². The molecule has 0 unspecified atom stereocenters. The van der Waals surface area contributed by atoms with E-state index in [4.69, 9.17) is 9.47 Å². The van der Waals surface area contributed by atoms with Gasteiger partial charge < -0.3 is 14.8 Å². The van der Waals surface area contributed by atoms with Crippen LogP contribution in [-0.4, -0.2) is 43.8 Å². The van der Waals surface area contributed by atoms with Gasteiger partial charge in [0.05, 0.1) is 17.3 Å². The molecule has 2 amide bonds. The second kappa shape index (κ2) is 11.2. The number of anilines is 1. The fourth-order valence-electron chi connectivity index (χ4n) is 5.84. The SMILES string of the molecule is COCN1C(=O)[C@@]2(CCC[C@@H](OC(=O)c3ccccc3)[C@@H]2NC(=O)CCc2ccccc2)c2ccccc21. The topological polar surface area (TPSA) is 84.9 Å². The lowest BCUT2D eigenvalue weighted by molar-refractivity contribution is -0.131. The Morgan fingerprint density at radius 2 is 1.66 bits per heavy atom. The van der Waals surface area contributed by atoms with Gasteiger partial charge in [0, 0.05) is 13.5 Å². The lowest BCUT2D eigenvalue weighted by Gasteiger charge is -2.44. The second-order valence-electron chi connectivity index (χ2n) is 9.87. The highest BCUT2D eigenvalue weighted by Crippen LogP contribution is 2.50. The summed E-state index contributed by atoms with van der Waals surface area (Å²) < 4.78 is 11.4. The molecular formula is C31H32N2O5. The molecule has 0 bridgehead atoms. The summed E-state index contributed by atoms with van der Waals surface area (Å²) in [5.74, 6) is -0.797. The number of esters is 1. The summed E-state index contributed by atoms with van der Waals surface area (Å²) in [5, 5.41) is 3.16. The van der Waals surface area contributed by atoms with Crippen molar-refractivity contribution in [1.29, 1.82) is 0 Å². The van der Waals surface area contributed by atoms with Gasteiger partial charge in [0.25, 0.3) is 0 Å². The molecule has 1 aliphatic carbocycles. The standard InChI is InChI=1S/C31H32N2O5/c1-37-21-33-25-16-9-8-15-24(25)31(30(33)36)20-10-17-26(38-29(35)23-13-6-3-7-14-23)28(31)32-27(34)19-18-22-11-4-2-5-12-22/h2-9,11-16,26,28H,10,17-21H2,1H3,(H,32,34)/t26-,28+,31+/m1/s1. The van der Waals surface area contributed by atoms with Gasteiger partial charge in [-0.05, 0) is 55.0 Å². The number of hydrogen-bond donors (Lipinski definition) is 1. The molecule has 1 spiro atoms. The van der Waals surface area contributed by atoms with Crippen LogP contribution in [-0.2, 0) is 30.9 Å². The number of carbonyl (C=O) groups excluding carboxylic acids is 3. The molecule has 0 radical (unpaired) electrons. The quantitative estimate of drug-likeness (QED) is 0.452. The smallest absolute Gasteiger partial charge is 0.338 e. The molecule has 1 saturated carbocycles. The van der Waals surface area contributed by atoms with Gasteiger partial charge in [-0.2, -0.15) is 0 Å². The molecule has 1 aliphatic heterocycles. The zero-order chi connectivity index (χ0) is 26.5. The first-order chi connectivity index (χ1) is 18.5. The van der Waals surface area contributed by atoms with Crippen LogP contribution in [0, 0.1) is 0 Å². The van der Waals surface area contributed by atoms with E-state index in [9.17, 15) is 14.4 Å². The molecule has 1 heterocycles. The zero-order valence-corrected chi connectivity index (χ0v) is 21.5. The summed E-state index contributed by atoms with van der Waals surface area (Å²) in [7, 11) is 1.55. The van der Waals surface area contributed by atoms with Crippen molar-refractivity contribution in [2.45, 2.75) is 49.7 Å². The minimum absolute atomic E-state index is 0.0980. The number of benzene rings is 3. The number of para-hydroxylation sites is 1. The van der Waals surface area contributed by atoms with Crippen molar-refractivity contribution in [3.8, 4) is 0 Å². The van der Waals surface area contributed by atoms with Crippen LogP contribution in [0.1, 0.15) is 47.2 Å². The van der Waals surface area contributed by atoms with Crippen molar-refractivity contribution in [2.75, 3.05) is 18.7 Å². The van der Waals surface area contributed by atoms with Crippen LogP contribution >= 0.6 is 0 Å². The van der Waals surface area contributed by atoms with Crippen molar-refractivity contribution in [1.82, 2.24) is 5.32 Å². The van der Waals surface area contributed by atoms with E-state index in [2.05, 4.69) is 5.32 Å². The van der Waals surface area contributed by atoms with Gasteiger partial charge >= 0.3 is 5.97 Å². The van der Waals surface area contributed by atoms with Crippen LogP contribution in [0.3, 0.4) is 0 Å². The Bertz CT molecular complexity index is 1300. The van der Waals surface area contributed by atoms with Gasteiger partial charge in [0.1, 0.15) is 18.2 Å². The number of rotatable bonds is 8. The van der Waals surface area contributed by atoms with Crippen LogP contribution < -0.4 is 10.2 Å². The molecular weight excluding hydrogens is 480 g/mol. The van der Waals surface area contributed by atoms with Crippen LogP contribution in [0.25, 0.3) is 0 Å². The first kappa shape index (κ1) is 25.7. The average Bonchev–Trinajstić information content (AvgIpc) is 3.18. The molecule has 2 aliphatic rings. The molecule has 7 heteroatoms. The number of ether oxygens (including phenoxy) is 2. The summed E-state index contributed by atoms with van der Waals surface area (Å²) >= 11 is 0. The van der Waals surface area contributed by atoms with Crippen LogP contribution in [0.4, 0.5) is 5.69 Å². The molecule has 5 rings (SSSR count). The minimum atomic E-state index is -1.06. The highest BCUT2D eigenvalue weighted by molar-refractivity contribution is 6.09.